The first-order chi connectivity index (χ1) is 18.8. The Hall–Kier alpha value is -3.24. The molecule has 2 aliphatic rings. The minimum absolute atomic E-state index is 0.00548. The Labute approximate surface area is 238 Å². The molecule has 9 heteroatoms. The van der Waals surface area contributed by atoms with Crippen LogP contribution in [0.15, 0.2) is 48.5 Å². The minimum Gasteiger partial charge on any atom is -0.466 e. The largest absolute Gasteiger partial charge is 0.466 e. The summed E-state index contributed by atoms with van der Waals surface area (Å²) in [5, 5.41) is 26.8. The standard InChI is InChI=1S/C15H17NO3.C8H6BrN.C7H12O3/c1-2-18-15(17)13-7-14(8-13)19-10-12-5-3-11(9-16)4-6-12;9-5-7-1-3-8(6-10)4-2-7;1-2-10-7(9)5-3-6(8)4-5/h3-6,13-14H,2,7-8,10H2,1H3;1-4H,5H2;5-6,8H,2-4H2,1H3. The van der Waals surface area contributed by atoms with E-state index in [-0.39, 0.29) is 36.0 Å². The zero-order valence-corrected chi connectivity index (χ0v) is 23.9. The number of nitrogens with zero attached hydrogens (tertiary/aromatic N) is 2. The van der Waals surface area contributed by atoms with Gasteiger partial charge in [-0.3, -0.25) is 9.59 Å². The molecule has 0 unspecified atom stereocenters. The van der Waals surface area contributed by atoms with Gasteiger partial charge in [0.2, 0.25) is 0 Å². The molecule has 1 N–H and O–H groups in total. The van der Waals surface area contributed by atoms with Crippen molar-refractivity contribution in [2.75, 3.05) is 13.2 Å². The van der Waals surface area contributed by atoms with E-state index < -0.39 is 0 Å². The Kier molecular flexibility index (Phi) is 14.2. The molecule has 0 amide bonds. The smallest absolute Gasteiger partial charge is 0.309 e. The second-order valence-electron chi connectivity index (χ2n) is 9.18. The van der Waals surface area contributed by atoms with Crippen molar-refractivity contribution in [2.24, 2.45) is 11.8 Å². The molecule has 0 spiro atoms. The molecule has 4 rings (SSSR count). The second-order valence-corrected chi connectivity index (χ2v) is 9.74. The van der Waals surface area contributed by atoms with Crippen LogP contribution in [0.4, 0.5) is 0 Å². The molecule has 0 atom stereocenters. The highest BCUT2D eigenvalue weighted by Crippen LogP contribution is 2.31. The van der Waals surface area contributed by atoms with E-state index in [4.69, 9.17) is 29.8 Å². The molecule has 0 bridgehead atoms. The van der Waals surface area contributed by atoms with E-state index in [1.54, 1.807) is 19.1 Å². The van der Waals surface area contributed by atoms with Crippen molar-refractivity contribution in [2.45, 2.75) is 63.7 Å². The van der Waals surface area contributed by atoms with E-state index in [9.17, 15) is 9.59 Å². The number of ether oxygens (including phenoxy) is 3. The summed E-state index contributed by atoms with van der Waals surface area (Å²) in [6.45, 7) is 4.99. The van der Waals surface area contributed by atoms with Crippen LogP contribution in [-0.2, 0) is 35.7 Å². The Morgan fingerprint density at radius 3 is 1.64 bits per heavy atom. The van der Waals surface area contributed by atoms with Crippen LogP contribution in [0.2, 0.25) is 0 Å². The van der Waals surface area contributed by atoms with Crippen LogP contribution in [0.5, 0.6) is 0 Å². The van der Waals surface area contributed by atoms with E-state index >= 15 is 0 Å². The lowest BCUT2D eigenvalue weighted by Crippen LogP contribution is -2.37. The molecule has 0 aliphatic heterocycles. The first-order valence-corrected chi connectivity index (χ1v) is 14.1. The fourth-order valence-corrected chi connectivity index (χ4v) is 4.13. The molecule has 0 saturated heterocycles. The molecule has 0 radical (unpaired) electrons. The van der Waals surface area contributed by atoms with E-state index in [0.29, 0.717) is 43.8 Å². The van der Waals surface area contributed by atoms with Gasteiger partial charge in [-0.2, -0.15) is 10.5 Å². The quantitative estimate of drug-likeness (QED) is 0.324. The Bertz CT molecular complexity index is 1110. The Morgan fingerprint density at radius 2 is 1.26 bits per heavy atom. The Morgan fingerprint density at radius 1 is 0.821 bits per heavy atom. The van der Waals surface area contributed by atoms with Crippen molar-refractivity contribution in [1.82, 2.24) is 0 Å². The second kappa shape index (κ2) is 17.4. The number of aliphatic hydroxyl groups is 1. The number of benzene rings is 2. The van der Waals surface area contributed by atoms with Crippen LogP contribution < -0.4 is 0 Å². The maximum Gasteiger partial charge on any atom is 0.309 e. The predicted molar refractivity (Wildman–Crippen MR) is 148 cm³/mol. The van der Waals surface area contributed by atoms with E-state index in [0.717, 1.165) is 23.7 Å². The van der Waals surface area contributed by atoms with Crippen LogP contribution in [0, 0.1) is 34.5 Å². The van der Waals surface area contributed by atoms with Crippen LogP contribution in [0.25, 0.3) is 0 Å². The number of esters is 2. The molecule has 2 fully saturated rings. The molecule has 208 valence electrons. The molecule has 0 aromatic heterocycles. The van der Waals surface area contributed by atoms with Gasteiger partial charge in [0.05, 0.1) is 67.1 Å². The molecular weight excluding hydrogens is 564 g/mol. The van der Waals surface area contributed by atoms with Crippen molar-refractivity contribution >= 4 is 27.9 Å². The third-order valence-electron chi connectivity index (χ3n) is 6.25. The molecular formula is C30H35BrN2O6. The molecule has 2 aliphatic carbocycles. The summed E-state index contributed by atoms with van der Waals surface area (Å²) in [5.41, 5.74) is 3.59. The third kappa shape index (κ3) is 11.2. The fourth-order valence-electron chi connectivity index (χ4n) is 3.75. The summed E-state index contributed by atoms with van der Waals surface area (Å²) < 4.78 is 15.4. The van der Waals surface area contributed by atoms with Gasteiger partial charge in [-0.15, -0.1) is 0 Å². The summed E-state index contributed by atoms with van der Waals surface area (Å²) >= 11 is 3.32. The summed E-state index contributed by atoms with van der Waals surface area (Å²) in [6, 6.07) is 19.0. The van der Waals surface area contributed by atoms with Crippen molar-refractivity contribution < 1.29 is 28.9 Å². The maximum atomic E-state index is 11.4. The zero-order chi connectivity index (χ0) is 28.6. The average Bonchev–Trinajstić information content (AvgIpc) is 2.92. The molecule has 2 aromatic rings. The predicted octanol–water partition coefficient (Wildman–Crippen LogP) is 5.19. The van der Waals surface area contributed by atoms with Gasteiger partial charge in [0.15, 0.2) is 0 Å². The first kappa shape index (κ1) is 32.0. The maximum absolute atomic E-state index is 11.4. The van der Waals surface area contributed by atoms with Gasteiger partial charge in [0, 0.05) is 5.33 Å². The normalized spacial score (nSPS) is 20.6. The number of nitriles is 2. The first-order valence-electron chi connectivity index (χ1n) is 13.0. The van der Waals surface area contributed by atoms with E-state index in [2.05, 4.69) is 28.1 Å². The highest BCUT2D eigenvalue weighted by molar-refractivity contribution is 9.08. The minimum atomic E-state index is -0.269. The van der Waals surface area contributed by atoms with Gasteiger partial charge < -0.3 is 19.3 Å². The highest BCUT2D eigenvalue weighted by Gasteiger charge is 2.36. The van der Waals surface area contributed by atoms with Crippen molar-refractivity contribution in [3.8, 4) is 12.1 Å². The topological polar surface area (TPSA) is 130 Å². The van der Waals surface area contributed by atoms with Gasteiger partial charge in [0.25, 0.3) is 0 Å². The van der Waals surface area contributed by atoms with Gasteiger partial charge in [-0.1, -0.05) is 40.2 Å². The molecule has 0 heterocycles. The average molecular weight is 600 g/mol. The van der Waals surface area contributed by atoms with Crippen LogP contribution >= 0.6 is 15.9 Å². The monoisotopic (exact) mass is 598 g/mol. The van der Waals surface area contributed by atoms with Gasteiger partial charge in [0.1, 0.15) is 0 Å². The van der Waals surface area contributed by atoms with Crippen LogP contribution in [0.1, 0.15) is 61.8 Å². The number of aliphatic hydroxyl groups excluding tert-OH is 1. The number of hydrogen-bond donors (Lipinski definition) is 1. The lowest BCUT2D eigenvalue weighted by atomic mass is 9.82. The summed E-state index contributed by atoms with van der Waals surface area (Å²) in [6.07, 6.45) is 2.53. The van der Waals surface area contributed by atoms with Crippen LogP contribution in [0.3, 0.4) is 0 Å². The van der Waals surface area contributed by atoms with Crippen molar-refractivity contribution in [1.29, 1.82) is 10.5 Å². The summed E-state index contributed by atoms with van der Waals surface area (Å²) in [4.78, 5) is 22.2. The molecule has 8 nitrogen and oxygen atoms in total. The van der Waals surface area contributed by atoms with Gasteiger partial charge >= 0.3 is 11.9 Å². The number of hydrogen-bond acceptors (Lipinski definition) is 8. The lowest BCUT2D eigenvalue weighted by Gasteiger charge is -2.33. The van der Waals surface area contributed by atoms with Gasteiger partial charge in [-0.25, -0.2) is 0 Å². The third-order valence-corrected chi connectivity index (χ3v) is 6.90. The SMILES string of the molecule is CCOC(=O)C1CC(O)C1.CCOC(=O)C1CC(OCc2ccc(C#N)cc2)C1.N#Cc1ccc(CBr)cc1. The number of alkyl halides is 1. The van der Waals surface area contributed by atoms with E-state index in [1.807, 2.05) is 43.3 Å². The number of halogens is 1. The van der Waals surface area contributed by atoms with Crippen molar-refractivity contribution in [3.63, 3.8) is 0 Å². The number of rotatable bonds is 8. The summed E-state index contributed by atoms with van der Waals surface area (Å²) in [5.74, 6) is -0.297. The van der Waals surface area contributed by atoms with Crippen molar-refractivity contribution in [3.05, 3.63) is 70.8 Å². The van der Waals surface area contributed by atoms with Crippen LogP contribution in [-0.4, -0.2) is 42.5 Å². The number of carbonyl (C=O) groups excluding carboxylic acids is 2. The molecule has 2 aromatic carbocycles. The Balaban J connectivity index is 0.000000225. The molecule has 39 heavy (non-hydrogen) atoms. The molecule has 2 saturated carbocycles. The fraction of sp³-hybridized carbons (Fsp3) is 0.467. The van der Waals surface area contributed by atoms with E-state index in [1.165, 1.54) is 5.56 Å². The summed E-state index contributed by atoms with van der Waals surface area (Å²) in [7, 11) is 0. The van der Waals surface area contributed by atoms with Gasteiger partial charge in [-0.05, 0) is 74.9 Å². The highest BCUT2D eigenvalue weighted by atomic mass is 79.9. The number of carbonyl (C=O) groups is 2. The lowest BCUT2D eigenvalue weighted by molar-refractivity contribution is -0.158. The zero-order valence-electron chi connectivity index (χ0n) is 22.3.